The fourth-order valence-electron chi connectivity index (χ4n) is 2.17. The van der Waals surface area contributed by atoms with E-state index < -0.39 is 0 Å². The van der Waals surface area contributed by atoms with Crippen LogP contribution in [0, 0.1) is 0 Å². The van der Waals surface area contributed by atoms with Crippen molar-refractivity contribution in [2.24, 2.45) is 0 Å². The van der Waals surface area contributed by atoms with Gasteiger partial charge >= 0.3 is 0 Å². The van der Waals surface area contributed by atoms with Gasteiger partial charge in [0.15, 0.2) is 5.78 Å². The number of carbonyl (C=O) groups excluding carboxylic acids is 1. The van der Waals surface area contributed by atoms with Crippen LogP contribution < -0.4 is 0 Å². The van der Waals surface area contributed by atoms with Crippen molar-refractivity contribution in [3.63, 3.8) is 0 Å². The number of rotatable bonds is 10. The molecule has 0 amide bonds. The minimum atomic E-state index is 0.0769. The molecule has 1 aromatic carbocycles. The lowest BCUT2D eigenvalue weighted by molar-refractivity contribution is 0.0483. The summed E-state index contributed by atoms with van der Waals surface area (Å²) in [4.78, 5) is 12.0. The Bertz CT molecular complexity index is 381. The normalized spacial score (nSPS) is 12.3. The van der Waals surface area contributed by atoms with E-state index in [1.165, 1.54) is 31.2 Å². The molecule has 0 radical (unpaired) electrons. The van der Waals surface area contributed by atoms with E-state index in [9.17, 15) is 4.79 Å². The lowest BCUT2D eigenvalue weighted by atomic mass is 10.1. The third-order valence-electron chi connectivity index (χ3n) is 3.65. The first-order valence-corrected chi connectivity index (χ1v) is 7.91. The molecule has 2 heteroatoms. The highest BCUT2D eigenvalue weighted by atomic mass is 16.5. The number of ether oxygens (including phenoxy) is 1. The van der Waals surface area contributed by atoms with Crippen LogP contribution in [0.1, 0.15) is 68.8 Å². The number of hydrogen-bond donors (Lipinski definition) is 0. The van der Waals surface area contributed by atoms with E-state index in [1.54, 1.807) is 0 Å². The molecule has 0 saturated carbocycles. The maximum Gasteiger partial charge on any atom is 0.188 e. The van der Waals surface area contributed by atoms with Gasteiger partial charge in [0, 0.05) is 5.56 Å². The number of hydrogen-bond acceptors (Lipinski definition) is 2. The molecule has 1 aromatic rings. The SMILES string of the molecule is CCCCCCC(C)OCC(=O)c1ccc(CC)cc1. The van der Waals surface area contributed by atoms with Crippen molar-refractivity contribution in [1.82, 2.24) is 0 Å². The Morgan fingerprint density at radius 3 is 2.40 bits per heavy atom. The average Bonchev–Trinajstić information content (AvgIpc) is 2.49. The monoisotopic (exact) mass is 276 g/mol. The molecule has 0 aliphatic heterocycles. The average molecular weight is 276 g/mol. The summed E-state index contributed by atoms with van der Waals surface area (Å²) in [6.45, 7) is 6.57. The van der Waals surface area contributed by atoms with Crippen LogP contribution in [0.3, 0.4) is 0 Å². The molecule has 2 nitrogen and oxygen atoms in total. The minimum Gasteiger partial charge on any atom is -0.370 e. The molecule has 0 spiro atoms. The maximum atomic E-state index is 12.0. The molecule has 0 aromatic heterocycles. The topological polar surface area (TPSA) is 26.3 Å². The smallest absolute Gasteiger partial charge is 0.188 e. The first-order chi connectivity index (χ1) is 9.67. The van der Waals surface area contributed by atoms with Crippen LogP contribution in [0.25, 0.3) is 0 Å². The number of aryl methyl sites for hydroxylation is 1. The van der Waals surface area contributed by atoms with Crippen molar-refractivity contribution >= 4 is 5.78 Å². The van der Waals surface area contributed by atoms with Crippen LogP contribution in [-0.2, 0) is 11.2 Å². The summed E-state index contributed by atoms with van der Waals surface area (Å²) < 4.78 is 5.65. The molecular weight excluding hydrogens is 248 g/mol. The summed E-state index contributed by atoms with van der Waals surface area (Å²) in [5.41, 5.74) is 2.01. The van der Waals surface area contributed by atoms with Gasteiger partial charge in [-0.25, -0.2) is 0 Å². The van der Waals surface area contributed by atoms with E-state index in [0.717, 1.165) is 18.4 Å². The summed E-state index contributed by atoms with van der Waals surface area (Å²) >= 11 is 0. The number of Topliss-reactive ketones (excluding diaryl/α,β-unsaturated/α-hetero) is 1. The molecule has 0 saturated heterocycles. The lowest BCUT2D eigenvalue weighted by Crippen LogP contribution is -2.16. The quantitative estimate of drug-likeness (QED) is 0.453. The van der Waals surface area contributed by atoms with E-state index in [0.29, 0.717) is 0 Å². The predicted molar refractivity (Wildman–Crippen MR) is 84.3 cm³/mol. The third-order valence-corrected chi connectivity index (χ3v) is 3.65. The Morgan fingerprint density at radius 2 is 1.80 bits per heavy atom. The Labute approximate surface area is 123 Å². The van der Waals surface area contributed by atoms with Crippen molar-refractivity contribution in [3.05, 3.63) is 35.4 Å². The Hall–Kier alpha value is -1.15. The summed E-state index contributed by atoms with van der Waals surface area (Å²) in [6.07, 6.45) is 7.20. The summed E-state index contributed by atoms with van der Waals surface area (Å²) in [7, 11) is 0. The molecule has 112 valence electrons. The van der Waals surface area contributed by atoms with E-state index in [4.69, 9.17) is 4.74 Å². The van der Waals surface area contributed by atoms with E-state index in [2.05, 4.69) is 20.8 Å². The van der Waals surface area contributed by atoms with Crippen LogP contribution in [0.4, 0.5) is 0 Å². The van der Waals surface area contributed by atoms with Crippen LogP contribution >= 0.6 is 0 Å². The van der Waals surface area contributed by atoms with E-state index in [1.807, 2.05) is 24.3 Å². The Balaban J connectivity index is 2.27. The second kappa shape index (κ2) is 9.71. The van der Waals surface area contributed by atoms with Gasteiger partial charge in [-0.05, 0) is 25.3 Å². The molecule has 0 heterocycles. The molecule has 0 fully saturated rings. The van der Waals surface area contributed by atoms with Crippen molar-refractivity contribution in [1.29, 1.82) is 0 Å². The minimum absolute atomic E-state index is 0.0769. The van der Waals surface area contributed by atoms with E-state index >= 15 is 0 Å². The third kappa shape index (κ3) is 6.33. The highest BCUT2D eigenvalue weighted by Gasteiger charge is 2.09. The zero-order valence-corrected chi connectivity index (χ0v) is 13.2. The molecular formula is C18H28O2. The first kappa shape index (κ1) is 16.9. The fourth-order valence-corrected chi connectivity index (χ4v) is 2.17. The predicted octanol–water partition coefficient (Wildman–Crippen LogP) is 4.81. The van der Waals surface area contributed by atoms with Crippen molar-refractivity contribution < 1.29 is 9.53 Å². The molecule has 0 aliphatic carbocycles. The lowest BCUT2D eigenvalue weighted by Gasteiger charge is -2.12. The zero-order valence-electron chi connectivity index (χ0n) is 13.2. The highest BCUT2D eigenvalue weighted by molar-refractivity contribution is 5.97. The zero-order chi connectivity index (χ0) is 14.8. The van der Waals surface area contributed by atoms with Gasteiger partial charge in [0.25, 0.3) is 0 Å². The van der Waals surface area contributed by atoms with Crippen LogP contribution in [0.15, 0.2) is 24.3 Å². The first-order valence-electron chi connectivity index (χ1n) is 7.91. The largest absolute Gasteiger partial charge is 0.370 e. The van der Waals surface area contributed by atoms with Crippen LogP contribution in [-0.4, -0.2) is 18.5 Å². The molecule has 0 bridgehead atoms. The van der Waals surface area contributed by atoms with Gasteiger partial charge in [0.2, 0.25) is 0 Å². The van der Waals surface area contributed by atoms with Gasteiger partial charge in [-0.3, -0.25) is 4.79 Å². The van der Waals surface area contributed by atoms with Gasteiger partial charge in [0.1, 0.15) is 6.61 Å². The van der Waals surface area contributed by atoms with Gasteiger partial charge in [0.05, 0.1) is 6.10 Å². The summed E-state index contributed by atoms with van der Waals surface area (Å²) in [6, 6.07) is 7.83. The van der Waals surface area contributed by atoms with Gasteiger partial charge < -0.3 is 4.74 Å². The fraction of sp³-hybridized carbons (Fsp3) is 0.611. The van der Waals surface area contributed by atoms with Crippen molar-refractivity contribution in [2.75, 3.05) is 6.61 Å². The van der Waals surface area contributed by atoms with Crippen LogP contribution in [0.2, 0.25) is 0 Å². The Kier molecular flexibility index (Phi) is 8.20. The number of ketones is 1. The number of unbranched alkanes of at least 4 members (excludes halogenated alkanes) is 3. The highest BCUT2D eigenvalue weighted by Crippen LogP contribution is 2.10. The van der Waals surface area contributed by atoms with Gasteiger partial charge in [-0.2, -0.15) is 0 Å². The van der Waals surface area contributed by atoms with Crippen molar-refractivity contribution in [2.45, 2.75) is 65.4 Å². The number of carbonyl (C=O) groups is 1. The molecule has 0 N–H and O–H groups in total. The van der Waals surface area contributed by atoms with Gasteiger partial charge in [-0.15, -0.1) is 0 Å². The molecule has 1 atom stereocenters. The van der Waals surface area contributed by atoms with Gasteiger partial charge in [-0.1, -0.05) is 63.8 Å². The summed E-state index contributed by atoms with van der Waals surface area (Å²) in [5.74, 6) is 0.0769. The molecule has 0 aliphatic rings. The van der Waals surface area contributed by atoms with Crippen molar-refractivity contribution in [3.8, 4) is 0 Å². The number of benzene rings is 1. The second-order valence-electron chi connectivity index (χ2n) is 5.44. The van der Waals surface area contributed by atoms with Crippen LogP contribution in [0.5, 0.6) is 0 Å². The molecule has 1 rings (SSSR count). The van der Waals surface area contributed by atoms with E-state index in [-0.39, 0.29) is 18.5 Å². The maximum absolute atomic E-state index is 12.0. The Morgan fingerprint density at radius 1 is 1.10 bits per heavy atom. The molecule has 1 unspecified atom stereocenters. The molecule has 20 heavy (non-hydrogen) atoms. The second-order valence-corrected chi connectivity index (χ2v) is 5.44. The standard InChI is InChI=1S/C18H28O2/c1-4-6-7-8-9-15(3)20-14-18(19)17-12-10-16(5-2)11-13-17/h10-13,15H,4-9,14H2,1-3H3. The summed E-state index contributed by atoms with van der Waals surface area (Å²) in [5, 5.41) is 0.